The third-order valence-electron chi connectivity index (χ3n) is 4.38. The number of hydrogen-bond donors (Lipinski definition) is 3. The van der Waals surface area contributed by atoms with E-state index in [0.29, 0.717) is 40.8 Å². The van der Waals surface area contributed by atoms with E-state index in [9.17, 15) is 14.4 Å². The fraction of sp³-hybridized carbons (Fsp3) is 0.158. The smallest absolute Gasteiger partial charge is 0.258 e. The summed E-state index contributed by atoms with van der Waals surface area (Å²) in [6.07, 6.45) is 0.682. The highest BCUT2D eigenvalue weighted by Crippen LogP contribution is 2.19. The Kier molecular flexibility index (Phi) is 3.96. The molecule has 7 nitrogen and oxygen atoms in total. The van der Waals surface area contributed by atoms with Gasteiger partial charge in [0.25, 0.3) is 11.5 Å². The van der Waals surface area contributed by atoms with Crippen molar-refractivity contribution < 1.29 is 9.59 Å². The van der Waals surface area contributed by atoms with E-state index < -0.39 is 6.04 Å². The van der Waals surface area contributed by atoms with Gasteiger partial charge in [-0.2, -0.15) is 0 Å². The van der Waals surface area contributed by atoms with Crippen molar-refractivity contribution in [1.29, 1.82) is 0 Å². The number of nitrogens with zero attached hydrogens (tertiary/aromatic N) is 1. The summed E-state index contributed by atoms with van der Waals surface area (Å²) in [5.41, 5.74) is 1.32. The zero-order valence-corrected chi connectivity index (χ0v) is 13.8. The Labute approximate surface area is 148 Å². The van der Waals surface area contributed by atoms with Gasteiger partial charge in [-0.05, 0) is 30.7 Å². The third-order valence-corrected chi connectivity index (χ3v) is 4.38. The van der Waals surface area contributed by atoms with Crippen LogP contribution in [0.3, 0.4) is 0 Å². The van der Waals surface area contributed by atoms with Crippen LogP contribution in [0.5, 0.6) is 0 Å². The Morgan fingerprint density at radius 1 is 0.962 bits per heavy atom. The molecule has 2 amide bonds. The molecule has 0 radical (unpaired) electrons. The molecule has 1 aliphatic rings. The molecule has 130 valence electrons. The van der Waals surface area contributed by atoms with E-state index in [-0.39, 0.29) is 17.4 Å². The van der Waals surface area contributed by atoms with E-state index in [0.717, 1.165) is 0 Å². The predicted molar refractivity (Wildman–Crippen MR) is 97.0 cm³/mol. The molecule has 1 aliphatic heterocycles. The molecule has 26 heavy (non-hydrogen) atoms. The molecular formula is C19H16N4O3. The number of aryl methyl sites for hydroxylation is 1. The van der Waals surface area contributed by atoms with Crippen LogP contribution in [-0.4, -0.2) is 27.8 Å². The molecule has 1 unspecified atom stereocenters. The summed E-state index contributed by atoms with van der Waals surface area (Å²) in [6.45, 7) is 0. The summed E-state index contributed by atoms with van der Waals surface area (Å²) in [5.74, 6) is -0.104. The minimum Gasteiger partial charge on any atom is -0.340 e. The van der Waals surface area contributed by atoms with Crippen molar-refractivity contribution in [3.8, 4) is 0 Å². The maximum atomic E-state index is 12.4. The summed E-state index contributed by atoms with van der Waals surface area (Å²) in [7, 11) is 0. The van der Waals surface area contributed by atoms with Crippen LogP contribution in [0.25, 0.3) is 10.9 Å². The first-order valence-corrected chi connectivity index (χ1v) is 8.30. The molecule has 0 bridgehead atoms. The Bertz CT molecular complexity index is 1070. The maximum Gasteiger partial charge on any atom is 0.258 e. The second-order valence-corrected chi connectivity index (χ2v) is 6.13. The molecule has 0 fully saturated rings. The van der Waals surface area contributed by atoms with Crippen LogP contribution in [0.1, 0.15) is 22.6 Å². The van der Waals surface area contributed by atoms with Crippen LogP contribution in [0, 0.1) is 0 Å². The number of nitrogens with one attached hydrogen (secondary N) is 3. The number of fused-ring (bicyclic) bond motifs is 2. The number of anilines is 1. The van der Waals surface area contributed by atoms with Crippen molar-refractivity contribution in [2.75, 3.05) is 5.32 Å². The number of carbonyl (C=O) groups excluding carboxylic acids is 2. The fourth-order valence-corrected chi connectivity index (χ4v) is 3.05. The monoisotopic (exact) mass is 348 g/mol. The molecule has 3 aromatic rings. The van der Waals surface area contributed by atoms with Crippen molar-refractivity contribution in [3.63, 3.8) is 0 Å². The van der Waals surface area contributed by atoms with E-state index >= 15 is 0 Å². The van der Waals surface area contributed by atoms with E-state index in [1.807, 2.05) is 6.07 Å². The average molecular weight is 348 g/mol. The number of amides is 2. The molecular weight excluding hydrogens is 332 g/mol. The van der Waals surface area contributed by atoms with Gasteiger partial charge in [-0.3, -0.25) is 14.4 Å². The van der Waals surface area contributed by atoms with E-state index in [4.69, 9.17) is 0 Å². The van der Waals surface area contributed by atoms with E-state index in [1.165, 1.54) is 0 Å². The van der Waals surface area contributed by atoms with Crippen molar-refractivity contribution in [1.82, 2.24) is 15.3 Å². The second kappa shape index (κ2) is 6.44. The topological polar surface area (TPSA) is 104 Å². The summed E-state index contributed by atoms with van der Waals surface area (Å²) in [5, 5.41) is 6.02. The third kappa shape index (κ3) is 2.95. The Hall–Kier alpha value is -3.48. The van der Waals surface area contributed by atoms with Gasteiger partial charge in [-0.15, -0.1) is 0 Å². The number of carbonyl (C=O) groups is 2. The maximum absolute atomic E-state index is 12.4. The van der Waals surface area contributed by atoms with Gasteiger partial charge in [0.05, 0.1) is 22.2 Å². The van der Waals surface area contributed by atoms with Gasteiger partial charge < -0.3 is 15.6 Å². The summed E-state index contributed by atoms with van der Waals surface area (Å²) in [4.78, 5) is 44.0. The first kappa shape index (κ1) is 16.0. The van der Waals surface area contributed by atoms with Gasteiger partial charge in [0.2, 0.25) is 5.91 Å². The number of aromatic amines is 1. The lowest BCUT2D eigenvalue weighted by atomic mass is 10.1. The van der Waals surface area contributed by atoms with Gasteiger partial charge >= 0.3 is 0 Å². The lowest BCUT2D eigenvalue weighted by molar-refractivity contribution is -0.118. The fourth-order valence-electron chi connectivity index (χ4n) is 3.05. The normalized spacial score (nSPS) is 16.5. The van der Waals surface area contributed by atoms with Crippen LogP contribution in [0.2, 0.25) is 0 Å². The highest BCUT2D eigenvalue weighted by atomic mass is 16.2. The molecule has 3 N–H and O–H groups in total. The molecule has 7 heteroatoms. The average Bonchev–Trinajstić information content (AvgIpc) is 2.76. The van der Waals surface area contributed by atoms with Crippen LogP contribution < -0.4 is 16.2 Å². The lowest BCUT2D eigenvalue weighted by Crippen LogP contribution is -2.41. The molecule has 0 saturated heterocycles. The summed E-state index contributed by atoms with van der Waals surface area (Å²) < 4.78 is 0. The number of hydrogen-bond acceptors (Lipinski definition) is 4. The standard InChI is InChI=1S/C19H16N4O3/c24-17-12-6-2-4-8-14(12)21-19(26)15(22-17)9-10-16-20-13-7-3-1-5-11(13)18(25)23-16/h1-8,15H,9-10H2,(H,21,26)(H,22,24)(H,20,23,25). The predicted octanol–water partition coefficient (Wildman–Crippen LogP) is 1.61. The van der Waals surface area contributed by atoms with Gasteiger partial charge in [-0.25, -0.2) is 4.98 Å². The van der Waals surface area contributed by atoms with Crippen molar-refractivity contribution >= 4 is 28.4 Å². The Morgan fingerprint density at radius 3 is 2.62 bits per heavy atom. The minimum atomic E-state index is -0.702. The lowest BCUT2D eigenvalue weighted by Gasteiger charge is -2.14. The SMILES string of the molecule is O=C1NC(CCc2nc3ccccc3c(=O)[nH]2)C(=O)Nc2ccccc21. The van der Waals surface area contributed by atoms with E-state index in [2.05, 4.69) is 20.6 Å². The van der Waals surface area contributed by atoms with E-state index in [1.54, 1.807) is 42.5 Å². The molecule has 0 spiro atoms. The molecule has 1 atom stereocenters. The summed E-state index contributed by atoms with van der Waals surface area (Å²) in [6, 6.07) is 13.2. The number of para-hydroxylation sites is 2. The molecule has 0 saturated carbocycles. The van der Waals surface area contributed by atoms with Crippen LogP contribution in [0.15, 0.2) is 53.3 Å². The quantitative estimate of drug-likeness (QED) is 0.669. The van der Waals surface area contributed by atoms with Gasteiger partial charge in [0, 0.05) is 6.42 Å². The minimum absolute atomic E-state index is 0.215. The molecule has 0 aliphatic carbocycles. The highest BCUT2D eigenvalue weighted by Gasteiger charge is 2.27. The molecule has 1 aromatic heterocycles. The number of H-pyrrole nitrogens is 1. The van der Waals surface area contributed by atoms with Crippen LogP contribution >= 0.6 is 0 Å². The van der Waals surface area contributed by atoms with Crippen molar-refractivity contribution in [2.45, 2.75) is 18.9 Å². The van der Waals surface area contributed by atoms with Crippen LogP contribution in [0.4, 0.5) is 5.69 Å². The Balaban J connectivity index is 1.54. The number of benzene rings is 2. The summed E-state index contributed by atoms with van der Waals surface area (Å²) >= 11 is 0. The highest BCUT2D eigenvalue weighted by molar-refractivity contribution is 6.09. The largest absolute Gasteiger partial charge is 0.340 e. The van der Waals surface area contributed by atoms with Crippen LogP contribution in [-0.2, 0) is 11.2 Å². The first-order valence-electron chi connectivity index (χ1n) is 8.30. The number of aromatic nitrogens is 2. The van der Waals surface area contributed by atoms with Gasteiger partial charge in [0.1, 0.15) is 11.9 Å². The molecule has 2 heterocycles. The molecule has 4 rings (SSSR count). The van der Waals surface area contributed by atoms with Crippen molar-refractivity contribution in [2.24, 2.45) is 0 Å². The second-order valence-electron chi connectivity index (χ2n) is 6.13. The zero-order chi connectivity index (χ0) is 18.1. The van der Waals surface area contributed by atoms with Crippen molar-refractivity contribution in [3.05, 3.63) is 70.3 Å². The zero-order valence-electron chi connectivity index (χ0n) is 13.8. The van der Waals surface area contributed by atoms with Gasteiger partial charge in [-0.1, -0.05) is 24.3 Å². The Morgan fingerprint density at radius 2 is 1.73 bits per heavy atom. The first-order chi connectivity index (χ1) is 12.6. The number of rotatable bonds is 3. The molecule has 2 aromatic carbocycles. The van der Waals surface area contributed by atoms with Gasteiger partial charge in [0.15, 0.2) is 0 Å².